The smallest absolute Gasteiger partial charge is 0.329 e. The second-order valence-corrected chi connectivity index (χ2v) is 8.43. The second-order valence-electron chi connectivity index (χ2n) is 8.43. The first kappa shape index (κ1) is 24.4. The van der Waals surface area contributed by atoms with Crippen LogP contribution in [0.1, 0.15) is 56.8 Å². The molecule has 0 aromatic heterocycles. The van der Waals surface area contributed by atoms with Crippen LogP contribution in [0.15, 0.2) is 24.3 Å². The van der Waals surface area contributed by atoms with E-state index in [1.54, 1.807) is 29.2 Å². The molecule has 9 heteroatoms. The maximum absolute atomic E-state index is 12.6. The Balaban J connectivity index is 1.55. The Hall–Kier alpha value is -3.23. The molecule has 4 amide bonds. The van der Waals surface area contributed by atoms with Crippen molar-refractivity contribution < 1.29 is 28.7 Å². The van der Waals surface area contributed by atoms with E-state index in [0.29, 0.717) is 37.2 Å². The van der Waals surface area contributed by atoms with Crippen LogP contribution in [0.5, 0.6) is 0 Å². The third kappa shape index (κ3) is 5.23. The van der Waals surface area contributed by atoms with Crippen LogP contribution in [0, 0.1) is 11.8 Å². The van der Waals surface area contributed by atoms with Crippen LogP contribution in [0.4, 0.5) is 5.69 Å². The minimum atomic E-state index is -1.08. The van der Waals surface area contributed by atoms with Gasteiger partial charge < -0.3 is 15.0 Å². The van der Waals surface area contributed by atoms with Gasteiger partial charge in [-0.15, -0.1) is 0 Å². The Bertz CT molecular complexity index is 918. The number of hydrogen-bond acceptors (Lipinski definition) is 6. The summed E-state index contributed by atoms with van der Waals surface area (Å²) in [7, 11) is 0. The number of likely N-dealkylation sites (tertiary alicyclic amines) is 1. The van der Waals surface area contributed by atoms with Gasteiger partial charge in [0.05, 0.1) is 11.8 Å². The first-order valence-corrected chi connectivity index (χ1v) is 11.5. The predicted octanol–water partition coefficient (Wildman–Crippen LogP) is 2.21. The van der Waals surface area contributed by atoms with Crippen LogP contribution in [-0.2, 0) is 23.9 Å². The number of amides is 4. The van der Waals surface area contributed by atoms with E-state index in [1.165, 1.54) is 6.92 Å². The number of esters is 1. The summed E-state index contributed by atoms with van der Waals surface area (Å²) in [5, 5.41) is 2.60. The van der Waals surface area contributed by atoms with Crippen LogP contribution in [-0.4, -0.2) is 65.1 Å². The summed E-state index contributed by atoms with van der Waals surface area (Å²) in [6.45, 7) is 5.79. The van der Waals surface area contributed by atoms with Gasteiger partial charge in [0, 0.05) is 24.3 Å². The van der Waals surface area contributed by atoms with Crippen molar-refractivity contribution in [1.82, 2.24) is 9.80 Å². The molecule has 2 fully saturated rings. The van der Waals surface area contributed by atoms with E-state index in [-0.39, 0.29) is 29.6 Å². The summed E-state index contributed by atoms with van der Waals surface area (Å²) < 4.78 is 5.08. The third-order valence-corrected chi connectivity index (χ3v) is 6.39. The topological polar surface area (TPSA) is 113 Å². The summed E-state index contributed by atoms with van der Waals surface area (Å²) in [6.07, 6.45) is 3.11. The number of ether oxygens (including phenoxy) is 1. The molecule has 0 bridgehead atoms. The number of rotatable bonds is 8. The van der Waals surface area contributed by atoms with E-state index in [0.717, 1.165) is 17.7 Å². The molecule has 3 atom stereocenters. The molecule has 1 saturated carbocycles. The molecule has 2 unspecified atom stereocenters. The highest BCUT2D eigenvalue weighted by Gasteiger charge is 2.51. The van der Waals surface area contributed by atoms with Gasteiger partial charge >= 0.3 is 5.97 Å². The normalized spacial score (nSPS) is 20.8. The lowest BCUT2D eigenvalue weighted by Gasteiger charge is -2.21. The van der Waals surface area contributed by atoms with Crippen LogP contribution in [0.2, 0.25) is 0 Å². The van der Waals surface area contributed by atoms with E-state index in [2.05, 4.69) is 5.32 Å². The van der Waals surface area contributed by atoms with Gasteiger partial charge in [-0.25, -0.2) is 4.79 Å². The second kappa shape index (κ2) is 10.6. The highest BCUT2D eigenvalue weighted by atomic mass is 16.5. The van der Waals surface area contributed by atoms with Crippen LogP contribution >= 0.6 is 0 Å². The zero-order valence-corrected chi connectivity index (χ0v) is 19.3. The van der Waals surface area contributed by atoms with Crippen LogP contribution in [0.25, 0.3) is 0 Å². The van der Waals surface area contributed by atoms with Gasteiger partial charge in [-0.05, 0) is 51.8 Å². The number of imide groups is 1. The number of benzene rings is 1. The van der Waals surface area contributed by atoms with Crippen LogP contribution < -0.4 is 5.32 Å². The number of fused-ring (bicyclic) bond motifs is 1. The van der Waals surface area contributed by atoms with E-state index in [1.807, 2.05) is 13.8 Å². The SMILES string of the molecule is CCN(CC)C(=O)c1cccc(NC(=O)COC(=O)[C@H](C)N2C(=O)C3CCCCC3C2=O)c1. The molecule has 1 saturated heterocycles. The number of nitrogens with zero attached hydrogens (tertiary/aromatic N) is 2. The number of carbonyl (C=O) groups is 5. The fourth-order valence-corrected chi connectivity index (χ4v) is 4.55. The molecular formula is C24H31N3O6. The maximum Gasteiger partial charge on any atom is 0.329 e. The Morgan fingerprint density at radius 1 is 1.09 bits per heavy atom. The largest absolute Gasteiger partial charge is 0.454 e. The molecule has 1 aromatic carbocycles. The molecule has 0 spiro atoms. The summed E-state index contributed by atoms with van der Waals surface area (Å²) in [4.78, 5) is 65.2. The molecular weight excluding hydrogens is 426 g/mol. The molecule has 0 radical (unpaired) electrons. The molecule has 1 heterocycles. The Morgan fingerprint density at radius 3 is 2.27 bits per heavy atom. The molecule has 3 rings (SSSR count). The summed E-state index contributed by atoms with van der Waals surface area (Å²) in [6, 6.07) is 5.43. The zero-order valence-electron chi connectivity index (χ0n) is 19.3. The summed E-state index contributed by atoms with van der Waals surface area (Å²) >= 11 is 0. The van der Waals surface area contributed by atoms with Crippen molar-refractivity contribution in [3.63, 3.8) is 0 Å². The highest BCUT2D eigenvalue weighted by molar-refractivity contribution is 6.08. The molecule has 1 aliphatic carbocycles. The molecule has 178 valence electrons. The van der Waals surface area contributed by atoms with Crippen molar-refractivity contribution in [2.75, 3.05) is 25.0 Å². The van der Waals surface area contributed by atoms with Crippen molar-refractivity contribution in [2.45, 2.75) is 52.5 Å². The minimum Gasteiger partial charge on any atom is -0.454 e. The lowest BCUT2D eigenvalue weighted by atomic mass is 9.81. The van der Waals surface area contributed by atoms with Crippen LogP contribution in [0.3, 0.4) is 0 Å². The van der Waals surface area contributed by atoms with E-state index in [4.69, 9.17) is 4.74 Å². The van der Waals surface area contributed by atoms with Crippen molar-refractivity contribution in [2.24, 2.45) is 11.8 Å². The van der Waals surface area contributed by atoms with Gasteiger partial charge in [-0.2, -0.15) is 0 Å². The first-order chi connectivity index (χ1) is 15.8. The fraction of sp³-hybridized carbons (Fsp3) is 0.542. The fourth-order valence-electron chi connectivity index (χ4n) is 4.55. The van der Waals surface area contributed by atoms with E-state index in [9.17, 15) is 24.0 Å². The molecule has 1 aliphatic heterocycles. The molecule has 1 N–H and O–H groups in total. The standard InChI is InChI=1S/C24H31N3O6/c1-4-26(5-2)21(29)16-9-8-10-17(13-16)25-20(28)14-33-24(32)15(3)27-22(30)18-11-6-7-12-19(18)23(27)31/h8-10,13,15,18-19H,4-7,11-12,14H2,1-3H3,(H,25,28)/t15-,18?,19?/m0/s1. The monoisotopic (exact) mass is 457 g/mol. The maximum atomic E-state index is 12.6. The minimum absolute atomic E-state index is 0.142. The van der Waals surface area contributed by atoms with Gasteiger partial charge in [0.15, 0.2) is 6.61 Å². The zero-order chi connectivity index (χ0) is 24.1. The first-order valence-electron chi connectivity index (χ1n) is 11.5. The Morgan fingerprint density at radius 2 is 1.70 bits per heavy atom. The van der Waals surface area contributed by atoms with Crippen molar-refractivity contribution in [3.05, 3.63) is 29.8 Å². The number of carbonyl (C=O) groups excluding carboxylic acids is 5. The van der Waals surface area contributed by atoms with Gasteiger partial charge in [0.2, 0.25) is 11.8 Å². The molecule has 2 aliphatic rings. The van der Waals surface area contributed by atoms with E-state index < -0.39 is 24.5 Å². The average molecular weight is 458 g/mol. The quantitative estimate of drug-likeness (QED) is 0.473. The Kier molecular flexibility index (Phi) is 7.84. The summed E-state index contributed by atoms with van der Waals surface area (Å²) in [5.41, 5.74) is 0.839. The van der Waals surface area contributed by atoms with Crippen molar-refractivity contribution >= 4 is 35.3 Å². The van der Waals surface area contributed by atoms with E-state index >= 15 is 0 Å². The van der Waals surface area contributed by atoms with Crippen molar-refractivity contribution in [3.8, 4) is 0 Å². The third-order valence-electron chi connectivity index (χ3n) is 6.39. The van der Waals surface area contributed by atoms with Gasteiger partial charge in [0.1, 0.15) is 6.04 Å². The number of nitrogens with one attached hydrogen (secondary N) is 1. The lowest BCUT2D eigenvalue weighted by Crippen LogP contribution is -2.45. The van der Waals surface area contributed by atoms with Crippen molar-refractivity contribution in [1.29, 1.82) is 0 Å². The highest BCUT2D eigenvalue weighted by Crippen LogP contribution is 2.38. The van der Waals surface area contributed by atoms with Gasteiger partial charge in [-0.3, -0.25) is 24.1 Å². The summed E-state index contributed by atoms with van der Waals surface area (Å²) in [5.74, 6) is -2.89. The number of anilines is 1. The molecule has 33 heavy (non-hydrogen) atoms. The van der Waals surface area contributed by atoms with Gasteiger partial charge in [0.25, 0.3) is 11.8 Å². The average Bonchev–Trinajstić information content (AvgIpc) is 3.08. The molecule has 1 aromatic rings. The van der Waals surface area contributed by atoms with Gasteiger partial charge in [-0.1, -0.05) is 18.9 Å². The predicted molar refractivity (Wildman–Crippen MR) is 120 cm³/mol. The Labute approximate surface area is 193 Å². The molecule has 9 nitrogen and oxygen atoms in total. The number of hydrogen-bond donors (Lipinski definition) is 1. The lowest BCUT2D eigenvalue weighted by molar-refractivity contribution is -0.159.